The molecule has 1 saturated heterocycles. The van der Waals surface area contributed by atoms with E-state index < -0.39 is 0 Å². The maximum Gasteiger partial charge on any atom is 0.0233 e. The molecular formula is C34H53N3. The molecule has 2 aromatic carbocycles. The minimum atomic E-state index is 0.171. The molecule has 37 heavy (non-hydrogen) atoms. The average Bonchev–Trinajstić information content (AvgIpc) is 2.87. The molecule has 3 nitrogen and oxygen atoms in total. The molecule has 2 aliphatic rings. The van der Waals surface area contributed by atoms with E-state index in [1.165, 1.54) is 68.1 Å². The molecule has 2 fully saturated rings. The summed E-state index contributed by atoms with van der Waals surface area (Å²) in [6.07, 6.45) is 11.9. The first-order chi connectivity index (χ1) is 17.7. The number of hydrogen-bond donors (Lipinski definition) is 3. The van der Waals surface area contributed by atoms with E-state index in [1.54, 1.807) is 0 Å². The lowest BCUT2D eigenvalue weighted by atomic mass is 9.78. The van der Waals surface area contributed by atoms with Crippen molar-refractivity contribution >= 4 is 0 Å². The SMILES string of the molecule is CCC(CN[C@H](CNC1CC(C)(C)NC(C)(C)C1)Cc1ccc(-c2ccccc2)cc1)C1CCCCC1. The van der Waals surface area contributed by atoms with Crippen LogP contribution in [-0.2, 0) is 6.42 Å². The highest BCUT2D eigenvalue weighted by atomic mass is 15.1. The second kappa shape index (κ2) is 12.9. The van der Waals surface area contributed by atoms with Gasteiger partial charge in [0, 0.05) is 29.7 Å². The predicted octanol–water partition coefficient (Wildman–Crippen LogP) is 7.36. The summed E-state index contributed by atoms with van der Waals surface area (Å²) in [5.74, 6) is 1.72. The van der Waals surface area contributed by atoms with Gasteiger partial charge in [-0.1, -0.05) is 100 Å². The topological polar surface area (TPSA) is 36.1 Å². The highest BCUT2D eigenvalue weighted by Crippen LogP contribution is 2.32. The first-order valence-electron chi connectivity index (χ1n) is 15.1. The smallest absolute Gasteiger partial charge is 0.0233 e. The highest BCUT2D eigenvalue weighted by molar-refractivity contribution is 5.63. The predicted molar refractivity (Wildman–Crippen MR) is 160 cm³/mol. The number of nitrogens with one attached hydrogen (secondary N) is 3. The lowest BCUT2D eigenvalue weighted by Gasteiger charge is -2.47. The Kier molecular flexibility index (Phi) is 9.89. The van der Waals surface area contributed by atoms with Gasteiger partial charge in [0.05, 0.1) is 0 Å². The number of benzene rings is 2. The molecule has 1 heterocycles. The number of hydrogen-bond acceptors (Lipinski definition) is 3. The van der Waals surface area contributed by atoms with Crippen molar-refractivity contribution in [2.75, 3.05) is 13.1 Å². The van der Waals surface area contributed by atoms with Crippen LogP contribution in [0.3, 0.4) is 0 Å². The molecule has 1 saturated carbocycles. The van der Waals surface area contributed by atoms with Crippen LogP contribution in [0.5, 0.6) is 0 Å². The van der Waals surface area contributed by atoms with Crippen molar-refractivity contribution in [1.29, 1.82) is 0 Å². The van der Waals surface area contributed by atoms with Crippen molar-refractivity contribution in [2.24, 2.45) is 11.8 Å². The lowest BCUT2D eigenvalue weighted by Crippen LogP contribution is -2.62. The first-order valence-corrected chi connectivity index (χ1v) is 15.1. The average molecular weight is 504 g/mol. The van der Waals surface area contributed by atoms with Crippen LogP contribution in [0.15, 0.2) is 54.6 Å². The summed E-state index contributed by atoms with van der Waals surface area (Å²) >= 11 is 0. The first kappa shape index (κ1) is 28.3. The van der Waals surface area contributed by atoms with E-state index in [1.807, 2.05) is 0 Å². The summed E-state index contributed by atoms with van der Waals surface area (Å²) in [5, 5.41) is 11.9. The zero-order chi connectivity index (χ0) is 26.3. The van der Waals surface area contributed by atoms with Gasteiger partial charge >= 0.3 is 0 Å². The van der Waals surface area contributed by atoms with Gasteiger partial charge in [0.25, 0.3) is 0 Å². The zero-order valence-electron chi connectivity index (χ0n) is 24.3. The fourth-order valence-electron chi connectivity index (χ4n) is 7.31. The summed E-state index contributed by atoms with van der Waals surface area (Å²) in [6, 6.07) is 21.0. The van der Waals surface area contributed by atoms with Crippen molar-refractivity contribution in [3.05, 3.63) is 60.2 Å². The Bertz CT molecular complexity index is 911. The molecule has 1 aliphatic carbocycles. The molecule has 4 rings (SSSR count). The summed E-state index contributed by atoms with van der Waals surface area (Å²) in [7, 11) is 0. The van der Waals surface area contributed by atoms with Crippen LogP contribution < -0.4 is 16.0 Å². The molecule has 0 radical (unpaired) electrons. The van der Waals surface area contributed by atoms with Gasteiger partial charge in [-0.05, 0) is 82.0 Å². The Morgan fingerprint density at radius 2 is 1.43 bits per heavy atom. The van der Waals surface area contributed by atoms with E-state index in [2.05, 4.69) is 105 Å². The Morgan fingerprint density at radius 1 is 0.811 bits per heavy atom. The Hall–Kier alpha value is -1.68. The molecular weight excluding hydrogens is 450 g/mol. The molecule has 0 spiro atoms. The Labute approximate surface area is 227 Å². The highest BCUT2D eigenvalue weighted by Gasteiger charge is 2.37. The quantitative estimate of drug-likeness (QED) is 0.300. The molecule has 1 unspecified atom stereocenters. The van der Waals surface area contributed by atoms with Gasteiger partial charge in [-0.3, -0.25) is 0 Å². The van der Waals surface area contributed by atoms with Gasteiger partial charge in [-0.15, -0.1) is 0 Å². The van der Waals surface area contributed by atoms with Crippen LogP contribution >= 0.6 is 0 Å². The molecule has 0 amide bonds. The van der Waals surface area contributed by atoms with Gasteiger partial charge in [-0.25, -0.2) is 0 Å². The second-order valence-corrected chi connectivity index (χ2v) is 13.3. The van der Waals surface area contributed by atoms with Gasteiger partial charge in [0.15, 0.2) is 0 Å². The molecule has 0 bridgehead atoms. The van der Waals surface area contributed by atoms with Crippen LogP contribution in [0.1, 0.15) is 91.5 Å². The van der Waals surface area contributed by atoms with Crippen LogP contribution in [0.4, 0.5) is 0 Å². The molecule has 3 heteroatoms. The third kappa shape index (κ3) is 8.67. The molecule has 0 aromatic heterocycles. The molecule has 204 valence electrons. The molecule has 1 aliphatic heterocycles. The second-order valence-electron chi connectivity index (χ2n) is 13.3. The maximum atomic E-state index is 4.07. The molecule has 2 atom stereocenters. The summed E-state index contributed by atoms with van der Waals surface area (Å²) in [4.78, 5) is 0. The van der Waals surface area contributed by atoms with Crippen LogP contribution in [0, 0.1) is 11.8 Å². The largest absolute Gasteiger partial charge is 0.312 e. The van der Waals surface area contributed by atoms with Gasteiger partial charge in [0.1, 0.15) is 0 Å². The maximum absolute atomic E-state index is 4.07. The monoisotopic (exact) mass is 503 g/mol. The van der Waals surface area contributed by atoms with Crippen molar-refractivity contribution in [3.63, 3.8) is 0 Å². The van der Waals surface area contributed by atoms with Crippen molar-refractivity contribution < 1.29 is 0 Å². The van der Waals surface area contributed by atoms with Crippen molar-refractivity contribution in [2.45, 2.75) is 116 Å². The third-order valence-corrected chi connectivity index (χ3v) is 8.90. The molecule has 2 aromatic rings. The third-order valence-electron chi connectivity index (χ3n) is 8.90. The van der Waals surface area contributed by atoms with E-state index in [9.17, 15) is 0 Å². The Morgan fingerprint density at radius 3 is 2.05 bits per heavy atom. The minimum absolute atomic E-state index is 0.171. The van der Waals surface area contributed by atoms with E-state index >= 15 is 0 Å². The van der Waals surface area contributed by atoms with Gasteiger partial charge < -0.3 is 16.0 Å². The van der Waals surface area contributed by atoms with E-state index in [0.717, 1.165) is 31.3 Å². The zero-order valence-corrected chi connectivity index (χ0v) is 24.3. The van der Waals surface area contributed by atoms with Crippen LogP contribution in [0.25, 0.3) is 11.1 Å². The summed E-state index contributed by atoms with van der Waals surface area (Å²) < 4.78 is 0. The standard InChI is InChI=1S/C34H53N3/c1-6-27(28-13-9-7-10-14-28)24-35-31(25-36-32-22-33(2,3)37-34(4,5)23-32)21-26-17-19-30(20-18-26)29-15-11-8-12-16-29/h8,11-12,15-20,27-28,31-32,35-37H,6-7,9-10,13-14,21-25H2,1-5H3/t27?,31-/m0/s1. The van der Waals surface area contributed by atoms with Gasteiger partial charge in [0.2, 0.25) is 0 Å². The normalized spacial score (nSPS) is 22.0. The van der Waals surface area contributed by atoms with Crippen LogP contribution in [-0.4, -0.2) is 36.3 Å². The summed E-state index contributed by atoms with van der Waals surface area (Å²) in [5.41, 5.74) is 4.36. The van der Waals surface area contributed by atoms with Crippen molar-refractivity contribution in [3.8, 4) is 11.1 Å². The van der Waals surface area contributed by atoms with E-state index in [-0.39, 0.29) is 11.1 Å². The summed E-state index contributed by atoms with van der Waals surface area (Å²) in [6.45, 7) is 14.0. The molecule has 3 N–H and O–H groups in total. The van der Waals surface area contributed by atoms with Gasteiger partial charge in [-0.2, -0.15) is 0 Å². The number of rotatable bonds is 11. The number of piperidine rings is 1. The minimum Gasteiger partial charge on any atom is -0.312 e. The van der Waals surface area contributed by atoms with Crippen LogP contribution in [0.2, 0.25) is 0 Å². The van der Waals surface area contributed by atoms with E-state index in [4.69, 9.17) is 0 Å². The fraction of sp³-hybridized carbons (Fsp3) is 0.647. The Balaban J connectivity index is 1.41. The van der Waals surface area contributed by atoms with Crippen molar-refractivity contribution in [1.82, 2.24) is 16.0 Å². The fourth-order valence-corrected chi connectivity index (χ4v) is 7.31. The van der Waals surface area contributed by atoms with E-state index in [0.29, 0.717) is 12.1 Å². The lowest BCUT2D eigenvalue weighted by molar-refractivity contribution is 0.144.